The molecule has 0 aromatic heterocycles. The second kappa shape index (κ2) is 5.71. The van der Waals surface area contributed by atoms with Crippen LogP contribution in [0.2, 0.25) is 0 Å². The molecule has 2 rings (SSSR count). The summed E-state index contributed by atoms with van der Waals surface area (Å²) in [5.41, 5.74) is 0.850. The molecule has 0 bridgehead atoms. The van der Waals surface area contributed by atoms with Crippen LogP contribution < -0.4 is 0 Å². The quantitative estimate of drug-likeness (QED) is 0.934. The normalized spacial score (nSPS) is 22.4. The smallest absolute Gasteiger partial charge is 0.243 e. The largest absolute Gasteiger partial charge is 0.389 e. The average Bonchev–Trinajstić information content (AvgIpc) is 2.89. The lowest BCUT2D eigenvalue weighted by molar-refractivity contribution is 0.199. The van der Waals surface area contributed by atoms with Crippen LogP contribution in [0.5, 0.6) is 0 Å². The molecule has 21 heavy (non-hydrogen) atoms. The first-order valence-corrected chi connectivity index (χ1v) is 8.84. The van der Waals surface area contributed by atoms with Crippen LogP contribution in [0.4, 0.5) is 0 Å². The van der Waals surface area contributed by atoms with E-state index in [1.165, 1.54) is 0 Å². The molecule has 1 fully saturated rings. The molecule has 1 aromatic rings. The van der Waals surface area contributed by atoms with Crippen molar-refractivity contribution in [3.05, 3.63) is 29.8 Å². The van der Waals surface area contributed by atoms with Gasteiger partial charge >= 0.3 is 0 Å². The highest BCUT2D eigenvalue weighted by Gasteiger charge is 2.37. The van der Waals surface area contributed by atoms with Crippen molar-refractivity contribution >= 4 is 10.0 Å². The van der Waals surface area contributed by atoms with Gasteiger partial charge in [-0.3, -0.25) is 0 Å². The molecular formula is C16H25NO3S. The summed E-state index contributed by atoms with van der Waals surface area (Å²) >= 11 is 0. The van der Waals surface area contributed by atoms with Gasteiger partial charge in [0.1, 0.15) is 0 Å². The van der Waals surface area contributed by atoms with Crippen LogP contribution in [0.25, 0.3) is 0 Å². The fourth-order valence-electron chi connectivity index (χ4n) is 2.72. The Hall–Kier alpha value is -0.910. The van der Waals surface area contributed by atoms with Crippen molar-refractivity contribution in [1.82, 2.24) is 4.31 Å². The molecule has 2 unspecified atom stereocenters. The van der Waals surface area contributed by atoms with Gasteiger partial charge in [-0.15, -0.1) is 0 Å². The maximum atomic E-state index is 12.7. The van der Waals surface area contributed by atoms with Crippen molar-refractivity contribution in [1.29, 1.82) is 0 Å². The Morgan fingerprint density at radius 2 is 1.81 bits per heavy atom. The van der Waals surface area contributed by atoms with E-state index in [1.807, 2.05) is 0 Å². The molecule has 118 valence electrons. The first-order chi connectivity index (χ1) is 9.62. The molecule has 0 spiro atoms. The van der Waals surface area contributed by atoms with Gasteiger partial charge in [-0.25, -0.2) is 8.42 Å². The number of hydrogen-bond acceptors (Lipinski definition) is 3. The number of hydrogen-bond donors (Lipinski definition) is 1. The third kappa shape index (κ3) is 3.47. The van der Waals surface area contributed by atoms with Crippen molar-refractivity contribution < 1.29 is 13.5 Å². The zero-order valence-corrected chi connectivity index (χ0v) is 14.0. The molecule has 2 atom stereocenters. The van der Waals surface area contributed by atoms with Gasteiger partial charge in [0, 0.05) is 13.1 Å². The molecule has 5 heteroatoms. The molecule has 0 saturated carbocycles. The standard InChI is InChI=1S/C16H25NO3S/c1-12(18)13-5-7-15(8-6-13)21(19,20)17-10-9-14(11-17)16(2,3)4/h5-8,12,14,18H,9-11H2,1-4H3. The van der Waals surface area contributed by atoms with E-state index in [9.17, 15) is 13.5 Å². The molecule has 1 saturated heterocycles. The van der Waals surface area contributed by atoms with Gasteiger partial charge in [0.25, 0.3) is 0 Å². The van der Waals surface area contributed by atoms with Crippen molar-refractivity contribution in [3.63, 3.8) is 0 Å². The van der Waals surface area contributed by atoms with Crippen LogP contribution in [-0.2, 0) is 10.0 Å². The zero-order valence-electron chi connectivity index (χ0n) is 13.2. The number of sulfonamides is 1. The predicted molar refractivity (Wildman–Crippen MR) is 83.4 cm³/mol. The summed E-state index contributed by atoms with van der Waals surface area (Å²) in [4.78, 5) is 0.307. The second-order valence-corrected chi connectivity index (χ2v) is 8.90. The molecule has 1 N–H and O–H groups in total. The van der Waals surface area contributed by atoms with Crippen molar-refractivity contribution in [2.45, 2.75) is 45.1 Å². The van der Waals surface area contributed by atoms with Crippen molar-refractivity contribution in [2.75, 3.05) is 13.1 Å². The van der Waals surface area contributed by atoms with Crippen LogP contribution in [0.1, 0.15) is 45.8 Å². The Balaban J connectivity index is 2.19. The molecular weight excluding hydrogens is 286 g/mol. The van der Waals surface area contributed by atoms with Gasteiger partial charge in [-0.05, 0) is 42.4 Å². The fourth-order valence-corrected chi connectivity index (χ4v) is 4.22. The molecule has 1 aliphatic heterocycles. The van der Waals surface area contributed by atoms with Crippen molar-refractivity contribution in [2.24, 2.45) is 11.3 Å². The molecule has 1 aromatic carbocycles. The van der Waals surface area contributed by atoms with Crippen LogP contribution in [-0.4, -0.2) is 30.9 Å². The number of nitrogens with zero attached hydrogens (tertiary/aromatic N) is 1. The summed E-state index contributed by atoms with van der Waals surface area (Å²) in [5, 5.41) is 9.49. The van der Waals surface area contributed by atoms with Gasteiger partial charge in [-0.2, -0.15) is 4.31 Å². The monoisotopic (exact) mass is 311 g/mol. The Bertz CT molecular complexity index is 585. The maximum absolute atomic E-state index is 12.7. The van der Waals surface area contributed by atoms with E-state index in [2.05, 4.69) is 20.8 Å². The molecule has 0 aliphatic carbocycles. The highest BCUT2D eigenvalue weighted by Crippen LogP contribution is 2.35. The minimum absolute atomic E-state index is 0.125. The molecule has 4 nitrogen and oxygen atoms in total. The Morgan fingerprint density at radius 1 is 1.24 bits per heavy atom. The van der Waals surface area contributed by atoms with Gasteiger partial charge in [0.05, 0.1) is 11.0 Å². The lowest BCUT2D eigenvalue weighted by Crippen LogP contribution is -2.31. The van der Waals surface area contributed by atoms with Gasteiger partial charge in [-0.1, -0.05) is 32.9 Å². The Kier molecular flexibility index (Phi) is 4.47. The van der Waals surface area contributed by atoms with Crippen LogP contribution in [0.15, 0.2) is 29.2 Å². The van der Waals surface area contributed by atoms with Crippen LogP contribution in [0, 0.1) is 11.3 Å². The number of aliphatic hydroxyl groups excluding tert-OH is 1. The van der Waals surface area contributed by atoms with Crippen molar-refractivity contribution in [3.8, 4) is 0 Å². The lowest BCUT2D eigenvalue weighted by Gasteiger charge is -2.26. The molecule has 0 radical (unpaired) electrons. The van der Waals surface area contributed by atoms with E-state index >= 15 is 0 Å². The first kappa shape index (κ1) is 16.5. The summed E-state index contributed by atoms with van der Waals surface area (Å²) in [5.74, 6) is 0.393. The predicted octanol–water partition coefficient (Wildman–Crippen LogP) is 2.80. The number of benzene rings is 1. The third-order valence-electron chi connectivity index (χ3n) is 4.38. The summed E-state index contributed by atoms with van der Waals surface area (Å²) in [6.45, 7) is 9.31. The summed E-state index contributed by atoms with van der Waals surface area (Å²) in [6.07, 6.45) is 0.327. The first-order valence-electron chi connectivity index (χ1n) is 7.40. The van der Waals surface area contributed by atoms with Gasteiger partial charge < -0.3 is 5.11 Å². The Labute approximate surface area is 127 Å². The van der Waals surface area contributed by atoms with Gasteiger partial charge in [0.2, 0.25) is 10.0 Å². The van der Waals surface area contributed by atoms with Crippen LogP contribution in [0.3, 0.4) is 0 Å². The third-order valence-corrected chi connectivity index (χ3v) is 6.26. The van der Waals surface area contributed by atoms with E-state index in [-0.39, 0.29) is 5.41 Å². The lowest BCUT2D eigenvalue weighted by atomic mass is 9.80. The average molecular weight is 311 g/mol. The SMILES string of the molecule is CC(O)c1ccc(S(=O)(=O)N2CCC(C(C)(C)C)C2)cc1. The topological polar surface area (TPSA) is 57.6 Å². The minimum Gasteiger partial charge on any atom is -0.389 e. The number of aliphatic hydroxyl groups is 1. The second-order valence-electron chi connectivity index (χ2n) is 6.96. The summed E-state index contributed by atoms with van der Waals surface area (Å²) in [7, 11) is -3.42. The minimum atomic E-state index is -3.42. The van der Waals surface area contributed by atoms with E-state index in [4.69, 9.17) is 0 Å². The Morgan fingerprint density at radius 3 is 2.24 bits per heavy atom. The highest BCUT2D eigenvalue weighted by molar-refractivity contribution is 7.89. The molecule has 0 amide bonds. The van der Waals surface area contributed by atoms with E-state index in [0.29, 0.717) is 23.9 Å². The molecule has 1 aliphatic rings. The fraction of sp³-hybridized carbons (Fsp3) is 0.625. The maximum Gasteiger partial charge on any atom is 0.243 e. The van der Waals surface area contributed by atoms with E-state index < -0.39 is 16.1 Å². The summed E-state index contributed by atoms with van der Waals surface area (Å²) in [6, 6.07) is 6.52. The zero-order chi connectivity index (χ0) is 15.8. The van der Waals surface area contributed by atoms with Gasteiger partial charge in [0.15, 0.2) is 0 Å². The van der Waals surface area contributed by atoms with E-state index in [0.717, 1.165) is 12.0 Å². The van der Waals surface area contributed by atoms with Crippen LogP contribution >= 0.6 is 0 Å². The molecule has 1 heterocycles. The summed E-state index contributed by atoms with van der Waals surface area (Å²) < 4.78 is 26.9. The van der Waals surface area contributed by atoms with E-state index in [1.54, 1.807) is 35.5 Å². The highest BCUT2D eigenvalue weighted by atomic mass is 32.2. The number of rotatable bonds is 3.